The first kappa shape index (κ1) is 14.9. The summed E-state index contributed by atoms with van der Waals surface area (Å²) in [6.07, 6.45) is 2.53. The van der Waals surface area contributed by atoms with E-state index in [9.17, 15) is 4.79 Å². The molecule has 1 aliphatic rings. The van der Waals surface area contributed by atoms with Gasteiger partial charge in [0.25, 0.3) is 5.91 Å². The molecule has 1 aliphatic heterocycles. The van der Waals surface area contributed by atoms with Crippen molar-refractivity contribution in [1.29, 1.82) is 0 Å². The molecule has 1 unspecified atom stereocenters. The van der Waals surface area contributed by atoms with Crippen LogP contribution in [0.25, 0.3) is 0 Å². The van der Waals surface area contributed by atoms with Crippen LogP contribution in [0.5, 0.6) is 0 Å². The molecular weight excluding hydrogens is 270 g/mol. The highest BCUT2D eigenvalue weighted by molar-refractivity contribution is 7.80. The topological polar surface area (TPSA) is 58.4 Å². The molecule has 0 bridgehead atoms. The normalized spacial score (nSPS) is 16.9. The summed E-state index contributed by atoms with van der Waals surface area (Å²) >= 11 is 4.89. The van der Waals surface area contributed by atoms with Crippen molar-refractivity contribution in [2.24, 2.45) is 5.73 Å². The molecule has 1 heterocycles. The highest BCUT2D eigenvalue weighted by Crippen LogP contribution is 2.11. The number of benzene rings is 1. The Morgan fingerprint density at radius 2 is 1.85 bits per heavy atom. The van der Waals surface area contributed by atoms with Gasteiger partial charge in [-0.25, -0.2) is 0 Å². The number of nitrogens with zero attached hydrogens (tertiary/aromatic N) is 1. The Balaban J connectivity index is 1.86. The van der Waals surface area contributed by atoms with Gasteiger partial charge in [-0.3, -0.25) is 9.69 Å². The minimum absolute atomic E-state index is 0.0504. The fourth-order valence-corrected chi connectivity index (χ4v) is 2.58. The maximum atomic E-state index is 12.1. The molecule has 108 valence electrons. The molecule has 1 fully saturated rings. The van der Waals surface area contributed by atoms with Crippen LogP contribution in [0.1, 0.15) is 35.7 Å². The molecule has 1 saturated heterocycles. The fraction of sp³-hybridized carbons (Fsp3) is 0.467. The lowest BCUT2D eigenvalue weighted by molar-refractivity contribution is 0.0940. The third-order valence-electron chi connectivity index (χ3n) is 3.75. The molecule has 0 aromatic heterocycles. The minimum atomic E-state index is -0.0504. The Hall–Kier alpha value is -1.46. The molecule has 0 spiro atoms. The number of carbonyl (C=O) groups excluding carboxylic acids is 1. The van der Waals surface area contributed by atoms with Gasteiger partial charge < -0.3 is 11.1 Å². The second-order valence-corrected chi connectivity index (χ2v) is 5.68. The molecule has 20 heavy (non-hydrogen) atoms. The number of nitrogens with one attached hydrogen (secondary N) is 1. The number of rotatable bonds is 5. The van der Waals surface area contributed by atoms with E-state index in [2.05, 4.69) is 17.1 Å². The van der Waals surface area contributed by atoms with E-state index in [-0.39, 0.29) is 5.91 Å². The van der Waals surface area contributed by atoms with Crippen LogP contribution >= 0.6 is 12.2 Å². The molecule has 1 aromatic carbocycles. The number of amides is 1. The molecule has 2 rings (SSSR count). The Morgan fingerprint density at radius 3 is 2.40 bits per heavy atom. The zero-order chi connectivity index (χ0) is 14.5. The zero-order valence-electron chi connectivity index (χ0n) is 11.8. The lowest BCUT2D eigenvalue weighted by Gasteiger charge is -2.23. The van der Waals surface area contributed by atoms with Crippen LogP contribution in [-0.2, 0) is 0 Å². The Kier molecular flexibility index (Phi) is 5.09. The fourth-order valence-electron chi connectivity index (χ4n) is 2.44. The average molecular weight is 291 g/mol. The van der Waals surface area contributed by atoms with Crippen LogP contribution in [0.3, 0.4) is 0 Å². The Labute approximate surface area is 125 Å². The molecule has 0 aliphatic carbocycles. The first-order valence-corrected chi connectivity index (χ1v) is 7.41. The number of thiocarbonyl (C=S) groups is 1. The summed E-state index contributed by atoms with van der Waals surface area (Å²) in [4.78, 5) is 14.8. The van der Waals surface area contributed by atoms with Gasteiger partial charge in [-0.15, -0.1) is 0 Å². The van der Waals surface area contributed by atoms with E-state index in [1.54, 1.807) is 24.3 Å². The van der Waals surface area contributed by atoms with E-state index in [4.69, 9.17) is 18.0 Å². The third kappa shape index (κ3) is 3.77. The molecule has 1 aromatic rings. The summed E-state index contributed by atoms with van der Waals surface area (Å²) in [5.74, 6) is -0.0504. The van der Waals surface area contributed by atoms with Crippen molar-refractivity contribution in [2.75, 3.05) is 19.6 Å². The average Bonchev–Trinajstić information content (AvgIpc) is 2.98. The van der Waals surface area contributed by atoms with Crippen molar-refractivity contribution in [3.05, 3.63) is 35.4 Å². The Morgan fingerprint density at radius 1 is 1.30 bits per heavy atom. The van der Waals surface area contributed by atoms with Gasteiger partial charge >= 0.3 is 0 Å². The summed E-state index contributed by atoms with van der Waals surface area (Å²) in [5.41, 5.74) is 6.95. The van der Waals surface area contributed by atoms with E-state index in [1.165, 1.54) is 12.8 Å². The minimum Gasteiger partial charge on any atom is -0.389 e. The third-order valence-corrected chi connectivity index (χ3v) is 3.99. The number of nitrogens with two attached hydrogens (primary N) is 1. The molecule has 1 amide bonds. The van der Waals surface area contributed by atoms with Crippen molar-refractivity contribution in [3.8, 4) is 0 Å². The Bertz CT molecular complexity index is 480. The molecule has 5 heteroatoms. The van der Waals surface area contributed by atoms with Gasteiger partial charge in [-0.05, 0) is 45.0 Å². The predicted molar refractivity (Wildman–Crippen MR) is 84.9 cm³/mol. The van der Waals surface area contributed by atoms with Gasteiger partial charge in [-0.2, -0.15) is 0 Å². The van der Waals surface area contributed by atoms with Gasteiger partial charge in [0.2, 0.25) is 0 Å². The van der Waals surface area contributed by atoms with Crippen LogP contribution in [-0.4, -0.2) is 41.5 Å². The number of hydrogen-bond donors (Lipinski definition) is 2. The highest BCUT2D eigenvalue weighted by atomic mass is 32.1. The van der Waals surface area contributed by atoms with E-state index in [0.29, 0.717) is 23.1 Å². The summed E-state index contributed by atoms with van der Waals surface area (Å²) in [7, 11) is 0. The molecule has 0 radical (unpaired) electrons. The van der Waals surface area contributed by atoms with Gasteiger partial charge in [-0.1, -0.05) is 24.4 Å². The predicted octanol–water partition coefficient (Wildman–Crippen LogP) is 1.53. The van der Waals surface area contributed by atoms with E-state index in [0.717, 1.165) is 18.7 Å². The number of hydrogen-bond acceptors (Lipinski definition) is 3. The lowest BCUT2D eigenvalue weighted by atomic mass is 10.1. The number of carbonyl (C=O) groups is 1. The molecular formula is C15H21N3OS. The van der Waals surface area contributed by atoms with Gasteiger partial charge in [0.05, 0.1) is 0 Å². The standard InChI is InChI=1S/C15H21N3OS/c1-11(18-8-2-3-9-18)10-17-15(19)13-6-4-12(5-7-13)14(16)20/h4-7,11H,2-3,8-10H2,1H3,(H2,16,20)(H,17,19). The van der Waals surface area contributed by atoms with Crippen molar-refractivity contribution in [3.63, 3.8) is 0 Å². The van der Waals surface area contributed by atoms with Gasteiger partial charge in [0.15, 0.2) is 0 Å². The molecule has 4 nitrogen and oxygen atoms in total. The maximum Gasteiger partial charge on any atom is 0.251 e. The van der Waals surface area contributed by atoms with E-state index >= 15 is 0 Å². The number of likely N-dealkylation sites (tertiary alicyclic amines) is 1. The van der Waals surface area contributed by atoms with Gasteiger partial charge in [0, 0.05) is 23.7 Å². The summed E-state index contributed by atoms with van der Waals surface area (Å²) in [5, 5.41) is 2.98. The van der Waals surface area contributed by atoms with Crippen molar-refractivity contribution < 1.29 is 4.79 Å². The van der Waals surface area contributed by atoms with Crippen LogP contribution in [0.2, 0.25) is 0 Å². The second-order valence-electron chi connectivity index (χ2n) is 5.24. The van der Waals surface area contributed by atoms with Crippen LogP contribution in [0, 0.1) is 0 Å². The first-order chi connectivity index (χ1) is 9.58. The first-order valence-electron chi connectivity index (χ1n) is 7.00. The summed E-state index contributed by atoms with van der Waals surface area (Å²) in [6, 6.07) is 7.45. The van der Waals surface area contributed by atoms with E-state index < -0.39 is 0 Å². The SMILES string of the molecule is CC(CNC(=O)c1ccc(C(N)=S)cc1)N1CCCC1. The smallest absolute Gasteiger partial charge is 0.251 e. The molecule has 3 N–H and O–H groups in total. The van der Waals surface area contributed by atoms with Gasteiger partial charge in [0.1, 0.15) is 4.99 Å². The summed E-state index contributed by atoms with van der Waals surface area (Å²) < 4.78 is 0. The highest BCUT2D eigenvalue weighted by Gasteiger charge is 2.18. The zero-order valence-corrected chi connectivity index (χ0v) is 12.6. The van der Waals surface area contributed by atoms with Crippen molar-refractivity contribution in [1.82, 2.24) is 10.2 Å². The van der Waals surface area contributed by atoms with Crippen molar-refractivity contribution in [2.45, 2.75) is 25.8 Å². The van der Waals surface area contributed by atoms with E-state index in [1.807, 2.05) is 0 Å². The maximum absolute atomic E-state index is 12.1. The quantitative estimate of drug-likeness (QED) is 0.808. The van der Waals surface area contributed by atoms with Crippen LogP contribution in [0.4, 0.5) is 0 Å². The van der Waals surface area contributed by atoms with Crippen LogP contribution < -0.4 is 11.1 Å². The summed E-state index contributed by atoms with van der Waals surface area (Å²) in [6.45, 7) is 5.11. The molecule has 1 atom stereocenters. The second kappa shape index (κ2) is 6.81. The monoisotopic (exact) mass is 291 g/mol. The molecule has 0 saturated carbocycles. The largest absolute Gasteiger partial charge is 0.389 e. The van der Waals surface area contributed by atoms with Crippen LogP contribution in [0.15, 0.2) is 24.3 Å². The van der Waals surface area contributed by atoms with Crippen molar-refractivity contribution >= 4 is 23.1 Å². The lowest BCUT2D eigenvalue weighted by Crippen LogP contribution is -2.40.